The minimum atomic E-state index is -0.189. The van der Waals surface area contributed by atoms with Gasteiger partial charge in [-0.2, -0.15) is 0 Å². The van der Waals surface area contributed by atoms with Crippen molar-refractivity contribution in [2.24, 2.45) is 11.8 Å². The molecule has 14 heavy (non-hydrogen) atoms. The third-order valence-corrected chi connectivity index (χ3v) is 3.29. The number of nitrogens with two attached hydrogens (primary N) is 1. The van der Waals surface area contributed by atoms with Crippen molar-refractivity contribution in [3.8, 4) is 0 Å². The van der Waals surface area contributed by atoms with Gasteiger partial charge in [0.15, 0.2) is 0 Å². The Labute approximate surface area is 82.5 Å². The lowest BCUT2D eigenvalue weighted by molar-refractivity contribution is 0.620. The molecule has 1 aromatic rings. The minimum Gasteiger partial charge on any atom is -0.399 e. The number of benzene rings is 1. The van der Waals surface area contributed by atoms with Gasteiger partial charge in [0.2, 0.25) is 0 Å². The Balaban J connectivity index is 1.88. The summed E-state index contributed by atoms with van der Waals surface area (Å²) in [5.41, 5.74) is 6.71. The molecule has 2 nitrogen and oxygen atoms in total. The van der Waals surface area contributed by atoms with Crippen molar-refractivity contribution >= 4 is 11.4 Å². The molecule has 1 saturated heterocycles. The largest absolute Gasteiger partial charge is 0.399 e. The van der Waals surface area contributed by atoms with Gasteiger partial charge in [-0.05, 0) is 36.5 Å². The highest BCUT2D eigenvalue weighted by atomic mass is 19.1. The molecule has 0 spiro atoms. The lowest BCUT2D eigenvalue weighted by atomic mass is 10.2. The third kappa shape index (κ3) is 1.15. The predicted molar refractivity (Wildman–Crippen MR) is 54.6 cm³/mol. The molecular weight excluding hydrogens is 179 g/mol. The zero-order valence-electron chi connectivity index (χ0n) is 7.91. The highest BCUT2D eigenvalue weighted by Gasteiger charge is 2.45. The van der Waals surface area contributed by atoms with Gasteiger partial charge < -0.3 is 10.6 Å². The van der Waals surface area contributed by atoms with E-state index in [1.54, 1.807) is 12.1 Å². The predicted octanol–water partition coefficient (Wildman–Crippen LogP) is 1.86. The number of fused-ring (bicyclic) bond motifs is 1. The third-order valence-electron chi connectivity index (χ3n) is 3.29. The zero-order valence-corrected chi connectivity index (χ0v) is 7.91. The number of nitrogen functional groups attached to an aromatic ring is 1. The molecule has 2 unspecified atom stereocenters. The van der Waals surface area contributed by atoms with Gasteiger partial charge >= 0.3 is 0 Å². The summed E-state index contributed by atoms with van der Waals surface area (Å²) in [4.78, 5) is 2.13. The Morgan fingerprint density at radius 2 is 2.00 bits per heavy atom. The molecule has 1 heterocycles. The van der Waals surface area contributed by atoms with Crippen LogP contribution in [0.3, 0.4) is 0 Å². The molecule has 2 aliphatic rings. The van der Waals surface area contributed by atoms with Crippen LogP contribution in [0.25, 0.3) is 0 Å². The van der Waals surface area contributed by atoms with Crippen LogP contribution in [0.1, 0.15) is 6.42 Å². The van der Waals surface area contributed by atoms with Crippen LogP contribution in [0.2, 0.25) is 0 Å². The summed E-state index contributed by atoms with van der Waals surface area (Å²) in [5.74, 6) is 1.46. The minimum absolute atomic E-state index is 0.189. The van der Waals surface area contributed by atoms with Crippen molar-refractivity contribution in [3.63, 3.8) is 0 Å². The fourth-order valence-electron chi connectivity index (χ4n) is 2.37. The van der Waals surface area contributed by atoms with E-state index in [-0.39, 0.29) is 5.82 Å². The Morgan fingerprint density at radius 1 is 1.29 bits per heavy atom. The number of anilines is 2. The first-order valence-electron chi connectivity index (χ1n) is 5.04. The van der Waals surface area contributed by atoms with Crippen molar-refractivity contribution in [1.82, 2.24) is 0 Å². The topological polar surface area (TPSA) is 29.3 Å². The molecule has 0 amide bonds. The van der Waals surface area contributed by atoms with Crippen LogP contribution in [0.15, 0.2) is 18.2 Å². The quantitative estimate of drug-likeness (QED) is 0.688. The Bertz CT molecular complexity index is 368. The lowest BCUT2D eigenvalue weighted by Crippen LogP contribution is -2.22. The fraction of sp³-hybridized carbons (Fsp3) is 0.455. The van der Waals surface area contributed by atoms with Crippen molar-refractivity contribution < 1.29 is 4.39 Å². The average Bonchev–Trinajstić information content (AvgIpc) is 2.74. The molecule has 0 bridgehead atoms. The second-order valence-corrected chi connectivity index (χ2v) is 4.37. The maximum Gasteiger partial charge on any atom is 0.148 e. The number of nitrogens with zero attached hydrogens (tertiary/aromatic N) is 1. The summed E-state index contributed by atoms with van der Waals surface area (Å²) in [6.07, 6.45) is 1.34. The first kappa shape index (κ1) is 8.09. The smallest absolute Gasteiger partial charge is 0.148 e. The number of hydrogen-bond acceptors (Lipinski definition) is 2. The molecule has 2 fully saturated rings. The summed E-state index contributed by atoms with van der Waals surface area (Å²) in [6, 6.07) is 4.96. The van der Waals surface area contributed by atoms with E-state index < -0.39 is 0 Å². The van der Waals surface area contributed by atoms with Crippen molar-refractivity contribution in [2.45, 2.75) is 6.42 Å². The summed E-state index contributed by atoms with van der Waals surface area (Å²) in [7, 11) is 0. The molecule has 3 rings (SSSR count). The molecule has 0 aromatic heterocycles. The monoisotopic (exact) mass is 192 g/mol. The number of halogens is 1. The van der Waals surface area contributed by atoms with Crippen LogP contribution in [0, 0.1) is 17.7 Å². The average molecular weight is 192 g/mol. The van der Waals surface area contributed by atoms with E-state index in [9.17, 15) is 4.39 Å². The molecule has 1 aliphatic heterocycles. The van der Waals surface area contributed by atoms with Gasteiger partial charge in [-0.25, -0.2) is 4.39 Å². The highest BCUT2D eigenvalue weighted by Crippen LogP contribution is 2.46. The molecule has 3 heteroatoms. The van der Waals surface area contributed by atoms with E-state index in [0.29, 0.717) is 11.4 Å². The molecule has 1 saturated carbocycles. The van der Waals surface area contributed by atoms with Crippen molar-refractivity contribution in [2.75, 3.05) is 23.7 Å². The van der Waals surface area contributed by atoms with Gasteiger partial charge in [-0.15, -0.1) is 0 Å². The van der Waals surface area contributed by atoms with Crippen LogP contribution in [-0.2, 0) is 0 Å². The number of rotatable bonds is 1. The molecule has 1 aliphatic carbocycles. The van der Waals surface area contributed by atoms with Crippen molar-refractivity contribution in [3.05, 3.63) is 24.0 Å². The van der Waals surface area contributed by atoms with Gasteiger partial charge in [0.25, 0.3) is 0 Å². The molecule has 2 N–H and O–H groups in total. The summed E-state index contributed by atoms with van der Waals surface area (Å²) >= 11 is 0. The maximum atomic E-state index is 13.5. The highest BCUT2D eigenvalue weighted by molar-refractivity contribution is 5.55. The van der Waals surface area contributed by atoms with Crippen LogP contribution in [0.4, 0.5) is 15.8 Å². The van der Waals surface area contributed by atoms with E-state index in [1.807, 2.05) is 0 Å². The molecule has 1 aromatic carbocycles. The van der Waals surface area contributed by atoms with Crippen LogP contribution in [0.5, 0.6) is 0 Å². The summed E-state index contributed by atoms with van der Waals surface area (Å²) in [5, 5.41) is 0. The van der Waals surface area contributed by atoms with E-state index in [2.05, 4.69) is 4.90 Å². The molecule has 74 valence electrons. The fourth-order valence-corrected chi connectivity index (χ4v) is 2.37. The normalized spacial score (nSPS) is 29.1. The lowest BCUT2D eigenvalue weighted by Gasteiger charge is -2.20. The SMILES string of the molecule is Nc1ccc(N2CC3CC3C2)c(F)c1. The first-order chi connectivity index (χ1) is 6.74. The van der Waals surface area contributed by atoms with Crippen LogP contribution >= 0.6 is 0 Å². The Hall–Kier alpha value is -1.25. The second kappa shape index (κ2) is 2.62. The molecular formula is C11H13FN2. The first-order valence-corrected chi connectivity index (χ1v) is 5.04. The van der Waals surface area contributed by atoms with Gasteiger partial charge in [-0.3, -0.25) is 0 Å². The number of piperidine rings is 1. The van der Waals surface area contributed by atoms with Gasteiger partial charge in [0.1, 0.15) is 5.82 Å². The zero-order chi connectivity index (χ0) is 9.71. The van der Waals surface area contributed by atoms with Crippen LogP contribution in [-0.4, -0.2) is 13.1 Å². The standard InChI is InChI=1S/C11H13FN2/c12-10-4-9(13)1-2-11(10)14-5-7-3-8(7)6-14/h1-2,4,7-8H,3,5-6,13H2. The second-order valence-electron chi connectivity index (χ2n) is 4.37. The van der Waals surface area contributed by atoms with E-state index >= 15 is 0 Å². The molecule has 0 radical (unpaired) electrons. The molecule has 2 atom stereocenters. The van der Waals surface area contributed by atoms with E-state index in [0.717, 1.165) is 24.9 Å². The van der Waals surface area contributed by atoms with Gasteiger partial charge in [0.05, 0.1) is 5.69 Å². The van der Waals surface area contributed by atoms with Crippen molar-refractivity contribution in [1.29, 1.82) is 0 Å². The van der Waals surface area contributed by atoms with E-state index in [1.165, 1.54) is 12.5 Å². The Kier molecular flexibility index (Phi) is 1.52. The Morgan fingerprint density at radius 3 is 2.64 bits per heavy atom. The van der Waals surface area contributed by atoms with Crippen LogP contribution < -0.4 is 10.6 Å². The van der Waals surface area contributed by atoms with E-state index in [4.69, 9.17) is 5.73 Å². The van der Waals surface area contributed by atoms with Gasteiger partial charge in [-0.1, -0.05) is 0 Å². The maximum absolute atomic E-state index is 13.5. The summed E-state index contributed by atoms with van der Waals surface area (Å²) in [6.45, 7) is 2.04. The summed E-state index contributed by atoms with van der Waals surface area (Å²) < 4.78 is 13.5. The number of hydrogen-bond donors (Lipinski definition) is 1. The van der Waals surface area contributed by atoms with Gasteiger partial charge in [0, 0.05) is 18.8 Å².